The minimum atomic E-state index is -0.0733. The monoisotopic (exact) mass is 320 g/mol. The zero-order chi connectivity index (χ0) is 16.5. The molecule has 0 radical (unpaired) electrons. The fourth-order valence-electron chi connectivity index (χ4n) is 3.39. The number of fused-ring (bicyclic) bond motifs is 1. The lowest BCUT2D eigenvalue weighted by Crippen LogP contribution is -2.42. The molecule has 4 rings (SSSR count). The van der Waals surface area contributed by atoms with Crippen molar-refractivity contribution in [3.8, 4) is 0 Å². The summed E-state index contributed by atoms with van der Waals surface area (Å²) in [6.45, 7) is 3.51. The van der Waals surface area contributed by atoms with Gasteiger partial charge in [-0.2, -0.15) is 0 Å². The van der Waals surface area contributed by atoms with Gasteiger partial charge in [-0.15, -0.1) is 0 Å². The molecule has 0 saturated carbocycles. The Hall–Kier alpha value is -2.82. The Morgan fingerprint density at radius 3 is 2.79 bits per heavy atom. The van der Waals surface area contributed by atoms with Crippen molar-refractivity contribution in [2.24, 2.45) is 0 Å². The van der Waals surface area contributed by atoms with Crippen LogP contribution in [0, 0.1) is 0 Å². The van der Waals surface area contributed by atoms with Crippen LogP contribution >= 0.6 is 0 Å². The third-order valence-corrected chi connectivity index (χ3v) is 4.61. The molecule has 0 aliphatic carbocycles. The minimum absolute atomic E-state index is 0.00324. The predicted octanol–water partition coefficient (Wildman–Crippen LogP) is 3.02. The van der Waals surface area contributed by atoms with Crippen LogP contribution in [-0.2, 0) is 13.0 Å². The van der Waals surface area contributed by atoms with Crippen LogP contribution in [0.3, 0.4) is 0 Å². The minimum Gasteiger partial charge on any atom is -0.348 e. The van der Waals surface area contributed by atoms with Crippen LogP contribution in [0.2, 0.25) is 0 Å². The Morgan fingerprint density at radius 1 is 1.21 bits per heavy atom. The number of amides is 1. The second kappa shape index (κ2) is 6.00. The van der Waals surface area contributed by atoms with E-state index in [-0.39, 0.29) is 11.9 Å². The fraction of sp³-hybridized carbons (Fsp3) is 0.263. The molecular formula is C19H20N4O. The van der Waals surface area contributed by atoms with Gasteiger partial charge in [-0.1, -0.05) is 37.3 Å². The number of benzene rings is 1. The van der Waals surface area contributed by atoms with Crippen molar-refractivity contribution in [2.45, 2.75) is 25.9 Å². The molecule has 24 heavy (non-hydrogen) atoms. The maximum absolute atomic E-state index is 13.1. The maximum atomic E-state index is 13.1. The van der Waals surface area contributed by atoms with E-state index in [1.807, 2.05) is 36.1 Å². The third kappa shape index (κ3) is 2.42. The molecule has 2 aromatic heterocycles. The van der Waals surface area contributed by atoms with Crippen molar-refractivity contribution < 1.29 is 4.79 Å². The summed E-state index contributed by atoms with van der Waals surface area (Å²) in [6, 6.07) is 14.3. The van der Waals surface area contributed by atoms with Gasteiger partial charge in [-0.3, -0.25) is 4.79 Å². The summed E-state index contributed by atoms with van der Waals surface area (Å²) in [4.78, 5) is 22.4. The van der Waals surface area contributed by atoms with E-state index in [0.717, 1.165) is 30.0 Å². The first-order valence-electron chi connectivity index (χ1n) is 8.32. The summed E-state index contributed by atoms with van der Waals surface area (Å²) < 4.78 is 2.23. The Labute approximate surface area is 140 Å². The van der Waals surface area contributed by atoms with Crippen LogP contribution in [0.1, 0.15) is 40.5 Å². The lowest BCUT2D eigenvalue weighted by Gasteiger charge is -2.37. The lowest BCUT2D eigenvalue weighted by molar-refractivity contribution is 0.0658. The maximum Gasteiger partial charge on any atom is 0.272 e. The van der Waals surface area contributed by atoms with E-state index in [9.17, 15) is 4.79 Å². The second-order valence-corrected chi connectivity index (χ2v) is 6.04. The van der Waals surface area contributed by atoms with Gasteiger partial charge in [0.05, 0.1) is 12.2 Å². The first-order chi connectivity index (χ1) is 11.8. The highest BCUT2D eigenvalue weighted by molar-refractivity contribution is 5.92. The standard InChI is InChI=1S/C19H20N4O/c1-2-17-20-13-15(21-17)19(24)23-12-11-22-10-6-9-16(22)18(23)14-7-4-3-5-8-14/h3-10,13,18H,2,11-12H2,1H3,(H,20,21)/t18-/m1/s1. The van der Waals surface area contributed by atoms with Crippen molar-refractivity contribution in [1.82, 2.24) is 19.4 Å². The molecule has 0 unspecified atom stereocenters. The molecule has 1 aliphatic rings. The molecular weight excluding hydrogens is 300 g/mol. The molecule has 1 aliphatic heterocycles. The first-order valence-corrected chi connectivity index (χ1v) is 8.32. The molecule has 5 nitrogen and oxygen atoms in total. The lowest BCUT2D eigenvalue weighted by atomic mass is 9.99. The molecule has 1 N–H and O–H groups in total. The van der Waals surface area contributed by atoms with Gasteiger partial charge in [-0.05, 0) is 17.7 Å². The molecule has 1 atom stereocenters. The van der Waals surface area contributed by atoms with Gasteiger partial charge in [0.25, 0.3) is 5.91 Å². The van der Waals surface area contributed by atoms with Crippen LogP contribution in [0.15, 0.2) is 54.9 Å². The number of nitrogens with one attached hydrogen (secondary N) is 1. The Kier molecular flexibility index (Phi) is 3.69. The number of carbonyl (C=O) groups is 1. The zero-order valence-electron chi connectivity index (χ0n) is 13.6. The molecule has 0 bridgehead atoms. The topological polar surface area (TPSA) is 53.9 Å². The highest BCUT2D eigenvalue weighted by Crippen LogP contribution is 2.33. The molecule has 5 heteroatoms. The second-order valence-electron chi connectivity index (χ2n) is 6.04. The smallest absolute Gasteiger partial charge is 0.272 e. The summed E-state index contributed by atoms with van der Waals surface area (Å²) in [5.41, 5.74) is 2.84. The molecule has 3 heterocycles. The van der Waals surface area contributed by atoms with E-state index >= 15 is 0 Å². The number of aromatic amines is 1. The molecule has 0 fully saturated rings. The average molecular weight is 320 g/mol. The molecule has 1 aromatic carbocycles. The predicted molar refractivity (Wildman–Crippen MR) is 91.7 cm³/mol. The number of nitrogens with zero attached hydrogens (tertiary/aromatic N) is 3. The highest BCUT2D eigenvalue weighted by Gasteiger charge is 2.33. The quantitative estimate of drug-likeness (QED) is 0.806. The van der Waals surface area contributed by atoms with E-state index in [0.29, 0.717) is 12.2 Å². The van der Waals surface area contributed by atoms with Crippen molar-refractivity contribution in [1.29, 1.82) is 0 Å². The first kappa shape index (κ1) is 14.8. The Balaban J connectivity index is 1.75. The van der Waals surface area contributed by atoms with Crippen LogP contribution in [0.5, 0.6) is 0 Å². The van der Waals surface area contributed by atoms with Crippen molar-refractivity contribution >= 4 is 5.91 Å². The molecule has 3 aromatic rings. The van der Waals surface area contributed by atoms with Gasteiger partial charge in [0.1, 0.15) is 11.5 Å². The van der Waals surface area contributed by atoms with Crippen LogP contribution in [0.4, 0.5) is 0 Å². The Bertz CT molecular complexity index is 849. The SMILES string of the molecule is CCc1ncc(C(=O)N2CCn3cccc3[C@H]2c2ccccc2)[nH]1. The molecule has 122 valence electrons. The summed E-state index contributed by atoms with van der Waals surface area (Å²) in [5, 5.41) is 0. The van der Waals surface area contributed by atoms with Crippen LogP contribution in [-0.4, -0.2) is 31.9 Å². The number of hydrogen-bond donors (Lipinski definition) is 1. The number of imidazole rings is 1. The molecule has 0 saturated heterocycles. The number of aryl methyl sites for hydroxylation is 1. The largest absolute Gasteiger partial charge is 0.348 e. The van der Waals surface area contributed by atoms with Crippen molar-refractivity contribution in [3.63, 3.8) is 0 Å². The number of aromatic nitrogens is 3. The number of carbonyl (C=O) groups excluding carboxylic acids is 1. The number of rotatable bonds is 3. The number of hydrogen-bond acceptors (Lipinski definition) is 2. The zero-order valence-corrected chi connectivity index (χ0v) is 13.6. The summed E-state index contributed by atoms with van der Waals surface area (Å²) in [6.07, 6.45) is 4.52. The average Bonchev–Trinajstić information content (AvgIpc) is 3.30. The third-order valence-electron chi connectivity index (χ3n) is 4.61. The van der Waals surface area contributed by atoms with Crippen LogP contribution < -0.4 is 0 Å². The van der Waals surface area contributed by atoms with E-state index < -0.39 is 0 Å². The van der Waals surface area contributed by atoms with Gasteiger partial charge >= 0.3 is 0 Å². The van der Waals surface area contributed by atoms with E-state index in [4.69, 9.17) is 0 Å². The van der Waals surface area contributed by atoms with Gasteiger partial charge < -0.3 is 14.5 Å². The Morgan fingerprint density at radius 2 is 2.04 bits per heavy atom. The van der Waals surface area contributed by atoms with E-state index in [1.54, 1.807) is 6.20 Å². The summed E-state index contributed by atoms with van der Waals surface area (Å²) in [5.74, 6) is 0.846. The van der Waals surface area contributed by atoms with Gasteiger partial charge in [-0.25, -0.2) is 4.98 Å². The fourth-order valence-corrected chi connectivity index (χ4v) is 3.39. The summed E-state index contributed by atoms with van der Waals surface area (Å²) in [7, 11) is 0. The van der Waals surface area contributed by atoms with E-state index in [1.165, 1.54) is 0 Å². The summed E-state index contributed by atoms with van der Waals surface area (Å²) >= 11 is 0. The van der Waals surface area contributed by atoms with E-state index in [2.05, 4.69) is 38.9 Å². The molecule has 1 amide bonds. The highest BCUT2D eigenvalue weighted by atomic mass is 16.2. The van der Waals surface area contributed by atoms with Crippen molar-refractivity contribution in [2.75, 3.05) is 6.54 Å². The number of H-pyrrole nitrogens is 1. The van der Waals surface area contributed by atoms with Gasteiger partial charge in [0, 0.05) is 31.4 Å². The normalized spacial score (nSPS) is 16.9. The van der Waals surface area contributed by atoms with Gasteiger partial charge in [0.2, 0.25) is 0 Å². The molecule has 0 spiro atoms. The van der Waals surface area contributed by atoms with Crippen molar-refractivity contribution in [3.05, 3.63) is 77.6 Å². The van der Waals surface area contributed by atoms with Crippen LogP contribution in [0.25, 0.3) is 0 Å². The van der Waals surface area contributed by atoms with Gasteiger partial charge in [0.15, 0.2) is 0 Å².